The van der Waals surface area contributed by atoms with E-state index in [0.29, 0.717) is 5.56 Å². The third-order valence-corrected chi connectivity index (χ3v) is 6.39. The zero-order valence-electron chi connectivity index (χ0n) is 21.6. The molecule has 1 aliphatic heterocycles. The van der Waals surface area contributed by atoms with Gasteiger partial charge in [-0.3, -0.25) is 15.0 Å². The first-order chi connectivity index (χ1) is 19.1. The number of anilines is 2. The molecule has 0 radical (unpaired) electrons. The summed E-state index contributed by atoms with van der Waals surface area (Å²) in [5, 5.41) is 30.1. The van der Waals surface area contributed by atoms with Crippen LogP contribution in [0.25, 0.3) is 5.70 Å². The lowest BCUT2D eigenvalue weighted by atomic mass is 9.87. The molecule has 1 aromatic carbocycles. The number of aliphatic hydroxyl groups is 1. The number of aromatic nitrogens is 3. The van der Waals surface area contributed by atoms with Gasteiger partial charge in [0.25, 0.3) is 11.5 Å². The molecule has 1 unspecified atom stereocenters. The Hall–Kier alpha value is -4.86. The highest BCUT2D eigenvalue weighted by atomic mass is 19.4. The predicted octanol–water partition coefficient (Wildman–Crippen LogP) is 2.22. The van der Waals surface area contributed by atoms with Crippen LogP contribution in [0.3, 0.4) is 0 Å². The summed E-state index contributed by atoms with van der Waals surface area (Å²) in [6.07, 6.45) is -2.94. The highest BCUT2D eigenvalue weighted by molar-refractivity contribution is 6.10. The average molecular weight is 577 g/mol. The highest BCUT2D eigenvalue weighted by Crippen LogP contribution is 2.41. The van der Waals surface area contributed by atoms with Gasteiger partial charge in [-0.15, -0.1) is 0 Å². The van der Waals surface area contributed by atoms with Gasteiger partial charge in [0.2, 0.25) is 5.91 Å². The van der Waals surface area contributed by atoms with Crippen molar-refractivity contribution in [2.75, 3.05) is 17.2 Å². The fraction of sp³-hybridized carbons (Fsp3) is 0.280. The number of alkyl halides is 3. The molecule has 0 spiro atoms. The molecule has 3 aromatic rings. The molecule has 7 N–H and O–H groups in total. The largest absolute Gasteiger partial charge is 0.428 e. The van der Waals surface area contributed by atoms with Crippen LogP contribution in [0.15, 0.2) is 47.2 Å². The van der Waals surface area contributed by atoms with E-state index < -0.39 is 47.1 Å². The van der Waals surface area contributed by atoms with Gasteiger partial charge in [0.15, 0.2) is 5.82 Å². The first-order valence-corrected chi connectivity index (χ1v) is 11.9. The minimum atomic E-state index is -5.43. The van der Waals surface area contributed by atoms with Gasteiger partial charge in [0.1, 0.15) is 35.1 Å². The maximum absolute atomic E-state index is 14.1. The van der Waals surface area contributed by atoms with Crippen LogP contribution in [0.2, 0.25) is 0 Å². The molecule has 216 valence electrons. The van der Waals surface area contributed by atoms with Gasteiger partial charge in [-0.2, -0.15) is 13.2 Å². The number of amides is 2. The number of halogens is 4. The maximum Gasteiger partial charge on any atom is 0.428 e. The van der Waals surface area contributed by atoms with Gasteiger partial charge in [0.05, 0.1) is 23.2 Å². The Kier molecular flexibility index (Phi) is 7.54. The van der Waals surface area contributed by atoms with Crippen molar-refractivity contribution in [2.45, 2.75) is 37.6 Å². The lowest BCUT2D eigenvalue weighted by Crippen LogP contribution is -2.59. The quantitative estimate of drug-likeness (QED) is 0.155. The second-order valence-corrected chi connectivity index (χ2v) is 9.58. The zero-order chi connectivity index (χ0) is 30.2. The Bertz CT molecular complexity index is 1540. The van der Waals surface area contributed by atoms with E-state index in [1.54, 1.807) is 12.1 Å². The number of allylic oxidation sites excluding steroid dienone is 1. The number of primary amides is 1. The second kappa shape index (κ2) is 10.6. The molecule has 12 nitrogen and oxygen atoms in total. The van der Waals surface area contributed by atoms with Gasteiger partial charge in [-0.25, -0.2) is 14.4 Å². The molecular formula is C25H24F4N8O4. The lowest BCUT2D eigenvalue weighted by Gasteiger charge is -2.28. The van der Waals surface area contributed by atoms with Crippen LogP contribution < -0.4 is 21.7 Å². The fourth-order valence-corrected chi connectivity index (χ4v) is 3.92. The van der Waals surface area contributed by atoms with Gasteiger partial charge in [-0.1, -0.05) is 23.4 Å². The van der Waals surface area contributed by atoms with Crippen molar-refractivity contribution < 1.29 is 36.8 Å². The summed E-state index contributed by atoms with van der Waals surface area (Å²) in [5.41, 5.74) is -0.0699. The number of hydrogen-bond acceptors (Lipinski definition) is 10. The van der Waals surface area contributed by atoms with E-state index in [4.69, 9.17) is 15.7 Å². The summed E-state index contributed by atoms with van der Waals surface area (Å²) < 4.78 is 59.4. The summed E-state index contributed by atoms with van der Waals surface area (Å²) in [4.78, 5) is 32.5. The van der Waals surface area contributed by atoms with Gasteiger partial charge in [0, 0.05) is 18.2 Å². The third kappa shape index (κ3) is 5.58. The Morgan fingerprint density at radius 3 is 2.56 bits per heavy atom. The summed E-state index contributed by atoms with van der Waals surface area (Å²) >= 11 is 0. The molecule has 1 atom stereocenters. The zero-order valence-corrected chi connectivity index (χ0v) is 21.6. The molecule has 0 saturated carbocycles. The summed E-state index contributed by atoms with van der Waals surface area (Å²) in [6.45, 7) is 1.49. The molecule has 0 bridgehead atoms. The van der Waals surface area contributed by atoms with Crippen molar-refractivity contribution in [2.24, 2.45) is 5.73 Å². The van der Waals surface area contributed by atoms with E-state index in [1.165, 1.54) is 44.4 Å². The Labute approximate surface area is 229 Å². The predicted molar refractivity (Wildman–Crippen MR) is 137 cm³/mol. The molecule has 2 amide bonds. The van der Waals surface area contributed by atoms with Crippen LogP contribution in [0.4, 0.5) is 29.2 Å². The first kappa shape index (κ1) is 29.1. The topological polar surface area (TPSA) is 192 Å². The third-order valence-electron chi connectivity index (χ3n) is 6.39. The molecule has 41 heavy (non-hydrogen) atoms. The van der Waals surface area contributed by atoms with E-state index in [9.17, 15) is 32.3 Å². The van der Waals surface area contributed by atoms with E-state index in [1.807, 2.05) is 0 Å². The molecular weight excluding hydrogens is 552 g/mol. The van der Waals surface area contributed by atoms with Crippen molar-refractivity contribution in [3.8, 4) is 0 Å². The highest BCUT2D eigenvalue weighted by Gasteiger charge is 2.59. The number of nitrogens with zero attached hydrogens (tertiary/aromatic N) is 3. The summed E-state index contributed by atoms with van der Waals surface area (Å²) in [6, 6.07) is 7.46. The fourth-order valence-electron chi connectivity index (χ4n) is 3.92. The van der Waals surface area contributed by atoms with Crippen molar-refractivity contribution >= 4 is 34.9 Å². The van der Waals surface area contributed by atoms with Crippen LogP contribution in [-0.2, 0) is 21.5 Å². The monoisotopic (exact) mass is 576 g/mol. The molecule has 1 aliphatic rings. The number of nitrogens with two attached hydrogens (primary N) is 1. The summed E-state index contributed by atoms with van der Waals surface area (Å²) in [5.74, 6) is -3.88. The number of nitrogens with one attached hydrogen (secondary N) is 4. The average Bonchev–Trinajstić information content (AvgIpc) is 3.51. The van der Waals surface area contributed by atoms with Crippen molar-refractivity contribution in [3.05, 3.63) is 71.1 Å². The minimum absolute atomic E-state index is 0.0100. The van der Waals surface area contributed by atoms with Crippen LogP contribution >= 0.6 is 0 Å². The van der Waals surface area contributed by atoms with Crippen molar-refractivity contribution in [1.82, 2.24) is 20.4 Å². The molecule has 16 heteroatoms. The Balaban J connectivity index is 1.72. The molecule has 0 fully saturated rings. The molecule has 2 aromatic heterocycles. The van der Waals surface area contributed by atoms with Gasteiger partial charge >= 0.3 is 6.18 Å². The molecule has 0 saturated heterocycles. The number of fused-ring (bicyclic) bond motifs is 1. The Morgan fingerprint density at radius 1 is 1.24 bits per heavy atom. The van der Waals surface area contributed by atoms with E-state index in [2.05, 4.69) is 31.1 Å². The summed E-state index contributed by atoms with van der Waals surface area (Å²) in [7, 11) is 0. The number of rotatable bonds is 10. The molecule has 3 heterocycles. The Morgan fingerprint density at radius 2 is 1.95 bits per heavy atom. The molecule has 4 rings (SSSR count). The van der Waals surface area contributed by atoms with E-state index in [0.717, 1.165) is 0 Å². The number of benzene rings is 1. The van der Waals surface area contributed by atoms with Crippen LogP contribution in [0.1, 0.15) is 36.5 Å². The van der Waals surface area contributed by atoms with Gasteiger partial charge < -0.3 is 31.3 Å². The molecule has 0 aliphatic carbocycles. The van der Waals surface area contributed by atoms with E-state index >= 15 is 0 Å². The van der Waals surface area contributed by atoms with Crippen LogP contribution in [0.5, 0.6) is 0 Å². The minimum Gasteiger partial charge on any atom is -0.379 e. The first-order valence-electron chi connectivity index (χ1n) is 11.9. The van der Waals surface area contributed by atoms with Crippen LogP contribution in [-0.4, -0.2) is 56.1 Å². The SMILES string of the molecule is CC1(C)C(=O)Nc2nc(C(=N)/C=C(\NCc3ccccc3F)c3ccon3)nc(NCC(O)(C(N)=O)C(F)(F)F)c21. The number of hydrogen-bond donors (Lipinski definition) is 6. The number of carbonyl (C=O) groups excluding carboxylic acids is 2. The van der Waals surface area contributed by atoms with Crippen LogP contribution in [0, 0.1) is 11.2 Å². The van der Waals surface area contributed by atoms with Gasteiger partial charge in [-0.05, 0) is 26.0 Å². The normalized spacial score (nSPS) is 16.0. The lowest BCUT2D eigenvalue weighted by molar-refractivity contribution is -0.245. The van der Waals surface area contributed by atoms with Crippen molar-refractivity contribution in [1.29, 1.82) is 5.41 Å². The smallest absolute Gasteiger partial charge is 0.379 e. The van der Waals surface area contributed by atoms with E-state index in [-0.39, 0.29) is 41.0 Å². The number of carbonyl (C=O) groups is 2. The second-order valence-electron chi connectivity index (χ2n) is 9.58. The standard InChI is InChI=1S/C25H24F4N8O4/c1-23(2)17-19(33-11-24(40,21(31)38)25(27,28)29)34-18(35-20(17)36-22(23)39)14(30)9-16(15-7-8-41-37-15)32-10-12-5-3-4-6-13(12)26/h3-9,30,32,40H,10-11H2,1-2H3,(H2,31,38)(H2,33,34,35,36,39)/b16-9-,30-14?. The van der Waals surface area contributed by atoms with Crippen molar-refractivity contribution in [3.63, 3.8) is 0 Å². The maximum atomic E-state index is 14.1.